The van der Waals surface area contributed by atoms with Crippen LogP contribution in [0.1, 0.15) is 11.3 Å². The van der Waals surface area contributed by atoms with Crippen molar-refractivity contribution >= 4 is 58.1 Å². The zero-order valence-electron chi connectivity index (χ0n) is 13.3. The summed E-state index contributed by atoms with van der Waals surface area (Å²) in [6, 6.07) is 19.6. The van der Waals surface area contributed by atoms with E-state index in [1.165, 1.54) is 5.56 Å². The monoisotopic (exact) mass is 469 g/mol. The summed E-state index contributed by atoms with van der Waals surface area (Å²) in [4.78, 5) is 4.69. The van der Waals surface area contributed by atoms with E-state index in [1.807, 2.05) is 54.8 Å². The smallest absolute Gasteiger partial charge is 0.159 e. The van der Waals surface area contributed by atoms with E-state index >= 15 is 0 Å². The van der Waals surface area contributed by atoms with Gasteiger partial charge in [-0.1, -0.05) is 23.7 Å². The average Bonchev–Trinajstić information content (AvgIpc) is 3.03. The van der Waals surface area contributed by atoms with Crippen LogP contribution in [0.2, 0.25) is 5.02 Å². The highest BCUT2D eigenvalue weighted by atomic mass is 127. The van der Waals surface area contributed by atoms with Crippen molar-refractivity contribution in [3.05, 3.63) is 77.0 Å². The molecule has 3 aromatic rings. The van der Waals surface area contributed by atoms with Gasteiger partial charge in [-0.3, -0.25) is 0 Å². The fraction of sp³-hybridized carbons (Fsp3) is 0.105. The standard InChI is InChI=1S/C19H16ClNOS.HI/c1-13-4-3-5-16(12-13)21-19(23-2)18-11-10-17(22-18)14-6-8-15(20)9-7-14;/h3-12H,1-2H3;1H. The summed E-state index contributed by atoms with van der Waals surface area (Å²) >= 11 is 7.50. The minimum absolute atomic E-state index is 0. The largest absolute Gasteiger partial charge is 0.454 e. The third-order valence-electron chi connectivity index (χ3n) is 3.37. The van der Waals surface area contributed by atoms with Crippen LogP contribution in [-0.4, -0.2) is 11.3 Å². The molecule has 0 aliphatic carbocycles. The molecule has 0 unspecified atom stereocenters. The highest BCUT2D eigenvalue weighted by molar-refractivity contribution is 14.0. The third-order valence-corrected chi connectivity index (χ3v) is 4.30. The van der Waals surface area contributed by atoms with Crippen LogP contribution in [0.4, 0.5) is 5.69 Å². The minimum atomic E-state index is 0. The maximum Gasteiger partial charge on any atom is 0.159 e. The highest BCUT2D eigenvalue weighted by Crippen LogP contribution is 2.27. The quantitative estimate of drug-likeness (QED) is 0.235. The van der Waals surface area contributed by atoms with Crippen molar-refractivity contribution in [3.8, 4) is 11.3 Å². The molecule has 124 valence electrons. The summed E-state index contributed by atoms with van der Waals surface area (Å²) in [6.45, 7) is 2.06. The zero-order valence-corrected chi connectivity index (χ0v) is 17.2. The van der Waals surface area contributed by atoms with Gasteiger partial charge in [0, 0.05) is 10.6 Å². The molecule has 0 radical (unpaired) electrons. The number of nitrogens with zero attached hydrogens (tertiary/aromatic N) is 1. The van der Waals surface area contributed by atoms with Crippen molar-refractivity contribution in [1.29, 1.82) is 0 Å². The average molecular weight is 470 g/mol. The fourth-order valence-corrected chi connectivity index (χ4v) is 2.87. The molecule has 0 saturated carbocycles. The van der Waals surface area contributed by atoms with Crippen molar-refractivity contribution in [2.75, 3.05) is 6.26 Å². The predicted octanol–water partition coefficient (Wildman–Crippen LogP) is 6.97. The first kappa shape index (κ1) is 19.1. The van der Waals surface area contributed by atoms with Gasteiger partial charge in [0.25, 0.3) is 0 Å². The zero-order chi connectivity index (χ0) is 16.2. The van der Waals surface area contributed by atoms with Gasteiger partial charge in [0.05, 0.1) is 5.69 Å². The van der Waals surface area contributed by atoms with E-state index in [2.05, 4.69) is 19.1 Å². The number of hydrogen-bond acceptors (Lipinski definition) is 3. The summed E-state index contributed by atoms with van der Waals surface area (Å²) in [5.74, 6) is 1.58. The molecule has 0 amide bonds. The van der Waals surface area contributed by atoms with Crippen molar-refractivity contribution in [2.24, 2.45) is 4.99 Å². The molecule has 5 heteroatoms. The lowest BCUT2D eigenvalue weighted by atomic mass is 10.2. The van der Waals surface area contributed by atoms with Gasteiger partial charge >= 0.3 is 0 Å². The lowest BCUT2D eigenvalue weighted by Crippen LogP contribution is -1.91. The second-order valence-corrected chi connectivity index (χ2v) is 6.36. The number of halogens is 2. The molecule has 0 fully saturated rings. The predicted molar refractivity (Wildman–Crippen MR) is 115 cm³/mol. The number of rotatable bonds is 3. The van der Waals surface area contributed by atoms with Crippen molar-refractivity contribution < 1.29 is 4.42 Å². The Morgan fingerprint density at radius 2 is 1.79 bits per heavy atom. The first-order valence-electron chi connectivity index (χ1n) is 7.21. The van der Waals surface area contributed by atoms with Crippen LogP contribution >= 0.6 is 47.3 Å². The molecule has 24 heavy (non-hydrogen) atoms. The lowest BCUT2D eigenvalue weighted by Gasteiger charge is -2.02. The number of furan rings is 1. The second kappa shape index (κ2) is 8.74. The molecule has 0 saturated heterocycles. The maximum atomic E-state index is 5.97. The molecule has 0 atom stereocenters. The molecule has 0 bridgehead atoms. The molecular weight excluding hydrogens is 453 g/mol. The molecular formula is C19H17ClINOS. The van der Waals surface area contributed by atoms with Gasteiger partial charge in [-0.25, -0.2) is 4.99 Å². The number of thioether (sulfide) groups is 1. The molecule has 0 aliphatic heterocycles. The SMILES string of the molecule is CSC(=Nc1cccc(C)c1)c1ccc(-c2ccc(Cl)cc2)o1.I. The van der Waals surface area contributed by atoms with E-state index in [9.17, 15) is 0 Å². The Balaban J connectivity index is 0.00000208. The Hall–Kier alpha value is -1.24. The van der Waals surface area contributed by atoms with E-state index in [1.54, 1.807) is 11.8 Å². The summed E-state index contributed by atoms with van der Waals surface area (Å²) in [5, 5.41) is 1.57. The van der Waals surface area contributed by atoms with Crippen LogP contribution in [-0.2, 0) is 0 Å². The van der Waals surface area contributed by atoms with Crippen LogP contribution in [0.3, 0.4) is 0 Å². The molecule has 2 aromatic carbocycles. The van der Waals surface area contributed by atoms with E-state index in [4.69, 9.17) is 21.0 Å². The normalized spacial score (nSPS) is 11.2. The van der Waals surface area contributed by atoms with Crippen LogP contribution in [0.5, 0.6) is 0 Å². The van der Waals surface area contributed by atoms with Gasteiger partial charge < -0.3 is 4.42 Å². The molecule has 0 spiro atoms. The van der Waals surface area contributed by atoms with E-state index in [-0.39, 0.29) is 24.0 Å². The molecule has 1 heterocycles. The maximum absolute atomic E-state index is 5.97. The first-order chi connectivity index (χ1) is 11.2. The van der Waals surface area contributed by atoms with Crippen LogP contribution < -0.4 is 0 Å². The van der Waals surface area contributed by atoms with Crippen molar-refractivity contribution in [2.45, 2.75) is 6.92 Å². The number of hydrogen-bond donors (Lipinski definition) is 0. The Labute approximate surface area is 168 Å². The van der Waals surface area contributed by atoms with E-state index < -0.39 is 0 Å². The molecule has 0 N–H and O–H groups in total. The van der Waals surface area contributed by atoms with E-state index in [0.29, 0.717) is 5.02 Å². The number of aliphatic imine (C=N–C) groups is 1. The summed E-state index contributed by atoms with van der Waals surface area (Å²) in [7, 11) is 0. The highest BCUT2D eigenvalue weighted by Gasteiger charge is 2.10. The van der Waals surface area contributed by atoms with Crippen molar-refractivity contribution in [3.63, 3.8) is 0 Å². The van der Waals surface area contributed by atoms with Gasteiger partial charge in [-0.2, -0.15) is 0 Å². The Kier molecular flexibility index (Phi) is 6.95. The number of aryl methyl sites for hydroxylation is 1. The van der Waals surface area contributed by atoms with Crippen LogP contribution in [0, 0.1) is 6.92 Å². The van der Waals surface area contributed by atoms with Gasteiger partial charge in [-0.15, -0.1) is 35.7 Å². The first-order valence-corrected chi connectivity index (χ1v) is 8.81. The second-order valence-electron chi connectivity index (χ2n) is 5.13. The topological polar surface area (TPSA) is 25.5 Å². The molecule has 3 rings (SSSR count). The van der Waals surface area contributed by atoms with Gasteiger partial charge in [0.1, 0.15) is 10.8 Å². The lowest BCUT2D eigenvalue weighted by molar-refractivity contribution is 0.574. The molecule has 0 aliphatic rings. The van der Waals surface area contributed by atoms with E-state index in [0.717, 1.165) is 27.8 Å². The van der Waals surface area contributed by atoms with Gasteiger partial charge in [0.2, 0.25) is 0 Å². The number of benzene rings is 2. The third kappa shape index (κ3) is 4.65. The van der Waals surface area contributed by atoms with Crippen LogP contribution in [0.25, 0.3) is 11.3 Å². The Morgan fingerprint density at radius 1 is 1.04 bits per heavy atom. The minimum Gasteiger partial charge on any atom is -0.454 e. The summed E-state index contributed by atoms with van der Waals surface area (Å²) < 4.78 is 5.97. The summed E-state index contributed by atoms with van der Waals surface area (Å²) in [5.41, 5.74) is 3.11. The fourth-order valence-electron chi connectivity index (χ4n) is 2.24. The van der Waals surface area contributed by atoms with Crippen LogP contribution in [0.15, 0.2) is 70.1 Å². The van der Waals surface area contributed by atoms with Gasteiger partial charge in [-0.05, 0) is 67.3 Å². The molecule has 1 aromatic heterocycles. The Bertz CT molecular complexity index is 843. The van der Waals surface area contributed by atoms with Crippen molar-refractivity contribution in [1.82, 2.24) is 0 Å². The summed E-state index contributed by atoms with van der Waals surface area (Å²) in [6.07, 6.45) is 2.00. The van der Waals surface area contributed by atoms with Gasteiger partial charge in [0.15, 0.2) is 5.76 Å². The Morgan fingerprint density at radius 3 is 2.46 bits per heavy atom. The molecule has 2 nitrogen and oxygen atoms in total.